The summed E-state index contributed by atoms with van der Waals surface area (Å²) in [6, 6.07) is 4.30. The summed E-state index contributed by atoms with van der Waals surface area (Å²) in [4.78, 5) is 24.5. The number of nitrogens with zero attached hydrogens (tertiary/aromatic N) is 1. The average molecular weight is 304 g/mol. The Hall–Kier alpha value is -1.26. The Kier molecular flexibility index (Phi) is 5.63. The third-order valence-corrected chi connectivity index (χ3v) is 3.24. The summed E-state index contributed by atoms with van der Waals surface area (Å²) >= 11 is 11.7. The van der Waals surface area contributed by atoms with Crippen molar-refractivity contribution in [2.24, 2.45) is 0 Å². The molecule has 1 aromatic rings. The minimum absolute atomic E-state index is 0.179. The molecule has 0 aliphatic carbocycles. The average Bonchev–Trinajstić information content (AvgIpc) is 2.32. The molecule has 0 radical (unpaired) electrons. The number of rotatable bonds is 5. The molecule has 1 aromatic carbocycles. The van der Waals surface area contributed by atoms with Crippen LogP contribution in [0.5, 0.6) is 0 Å². The first-order valence-electron chi connectivity index (χ1n) is 5.84. The molecule has 1 atom stereocenters. The molecule has 0 fully saturated rings. The molecule has 0 aliphatic heterocycles. The van der Waals surface area contributed by atoms with Gasteiger partial charge in [0.2, 0.25) is 0 Å². The lowest BCUT2D eigenvalue weighted by molar-refractivity contribution is -0.138. The fourth-order valence-electron chi connectivity index (χ4n) is 1.64. The zero-order valence-corrected chi connectivity index (χ0v) is 12.2. The highest BCUT2D eigenvalue weighted by atomic mass is 35.5. The van der Waals surface area contributed by atoms with Crippen molar-refractivity contribution in [2.75, 3.05) is 6.54 Å². The molecule has 0 aliphatic rings. The molecular formula is C13H15Cl2NO3. The van der Waals surface area contributed by atoms with Crippen molar-refractivity contribution in [2.45, 2.75) is 26.3 Å². The van der Waals surface area contributed by atoms with Crippen molar-refractivity contribution < 1.29 is 14.7 Å². The van der Waals surface area contributed by atoms with Gasteiger partial charge in [-0.25, -0.2) is 0 Å². The van der Waals surface area contributed by atoms with Gasteiger partial charge < -0.3 is 10.0 Å². The van der Waals surface area contributed by atoms with Crippen molar-refractivity contribution in [3.63, 3.8) is 0 Å². The Labute approximate surface area is 121 Å². The Morgan fingerprint density at radius 3 is 2.21 bits per heavy atom. The molecule has 104 valence electrons. The van der Waals surface area contributed by atoms with Crippen molar-refractivity contribution >= 4 is 35.1 Å². The minimum Gasteiger partial charge on any atom is -0.480 e. The predicted molar refractivity (Wildman–Crippen MR) is 74.9 cm³/mol. The van der Waals surface area contributed by atoms with Gasteiger partial charge in [0.15, 0.2) is 0 Å². The van der Waals surface area contributed by atoms with E-state index >= 15 is 0 Å². The molecule has 6 heteroatoms. The zero-order chi connectivity index (χ0) is 14.6. The summed E-state index contributed by atoms with van der Waals surface area (Å²) < 4.78 is 0. The lowest BCUT2D eigenvalue weighted by Crippen LogP contribution is -2.41. The summed E-state index contributed by atoms with van der Waals surface area (Å²) in [7, 11) is 0. The van der Waals surface area contributed by atoms with Gasteiger partial charge in [-0.2, -0.15) is 0 Å². The fraction of sp³-hybridized carbons (Fsp3) is 0.385. The van der Waals surface area contributed by atoms with Crippen LogP contribution in [0.2, 0.25) is 10.0 Å². The molecular weight excluding hydrogens is 289 g/mol. The summed E-state index contributed by atoms with van der Waals surface area (Å²) in [5.74, 6) is -1.44. The summed E-state index contributed by atoms with van der Waals surface area (Å²) in [6.07, 6.45) is 0.660. The standard InChI is InChI=1S/C13H15Cl2NO3/c1-3-8(2)16(7-12(17)18)13(19)9-4-10(14)6-11(15)5-9/h4-6,8H,3,7H2,1-2H3,(H,17,18). The topological polar surface area (TPSA) is 57.6 Å². The van der Waals surface area contributed by atoms with Gasteiger partial charge in [-0.1, -0.05) is 30.1 Å². The second-order valence-corrected chi connectivity index (χ2v) is 5.12. The van der Waals surface area contributed by atoms with Crippen molar-refractivity contribution in [1.29, 1.82) is 0 Å². The number of hydrogen-bond donors (Lipinski definition) is 1. The number of carboxylic acid groups (broad SMARTS) is 1. The molecule has 1 unspecified atom stereocenters. The van der Waals surface area contributed by atoms with E-state index in [4.69, 9.17) is 28.3 Å². The molecule has 0 aromatic heterocycles. The van der Waals surface area contributed by atoms with Crippen LogP contribution in [0.4, 0.5) is 0 Å². The van der Waals surface area contributed by atoms with E-state index in [1.807, 2.05) is 6.92 Å². The monoisotopic (exact) mass is 303 g/mol. The predicted octanol–water partition coefficient (Wildman–Crippen LogP) is 3.32. The van der Waals surface area contributed by atoms with E-state index in [0.29, 0.717) is 22.0 Å². The molecule has 1 N–H and O–H groups in total. The molecule has 4 nitrogen and oxygen atoms in total. The highest BCUT2D eigenvalue weighted by molar-refractivity contribution is 6.35. The van der Waals surface area contributed by atoms with E-state index in [9.17, 15) is 9.59 Å². The van der Waals surface area contributed by atoms with Crippen LogP contribution in [0.25, 0.3) is 0 Å². The number of benzene rings is 1. The third kappa shape index (κ3) is 4.40. The van der Waals surface area contributed by atoms with Crippen molar-refractivity contribution in [1.82, 2.24) is 4.90 Å². The van der Waals surface area contributed by atoms with Gasteiger partial charge in [-0.3, -0.25) is 9.59 Å². The maximum absolute atomic E-state index is 12.3. The van der Waals surface area contributed by atoms with Crippen LogP contribution >= 0.6 is 23.2 Å². The molecule has 0 saturated carbocycles. The molecule has 19 heavy (non-hydrogen) atoms. The number of hydrogen-bond acceptors (Lipinski definition) is 2. The first kappa shape index (κ1) is 15.8. The summed E-state index contributed by atoms with van der Waals surface area (Å²) in [5, 5.41) is 9.57. The number of aliphatic carboxylic acids is 1. The fourth-order valence-corrected chi connectivity index (χ4v) is 2.16. The molecule has 1 rings (SSSR count). The van der Waals surface area contributed by atoms with Gasteiger partial charge in [0.1, 0.15) is 6.54 Å². The number of carboxylic acids is 1. The molecule has 0 saturated heterocycles. The van der Waals surface area contributed by atoms with E-state index in [-0.39, 0.29) is 18.5 Å². The Morgan fingerprint density at radius 2 is 1.79 bits per heavy atom. The van der Waals surface area contributed by atoms with Crippen molar-refractivity contribution in [3.05, 3.63) is 33.8 Å². The van der Waals surface area contributed by atoms with Crippen LogP contribution in [0, 0.1) is 0 Å². The number of carbonyl (C=O) groups excluding carboxylic acids is 1. The second kappa shape index (κ2) is 6.78. The number of amides is 1. The minimum atomic E-state index is -1.05. The smallest absolute Gasteiger partial charge is 0.323 e. The third-order valence-electron chi connectivity index (χ3n) is 2.80. The quantitative estimate of drug-likeness (QED) is 0.908. The van der Waals surface area contributed by atoms with E-state index in [1.165, 1.54) is 23.1 Å². The molecule has 1 amide bonds. The number of carbonyl (C=O) groups is 2. The van der Waals surface area contributed by atoms with Crippen molar-refractivity contribution in [3.8, 4) is 0 Å². The molecule has 0 bridgehead atoms. The lowest BCUT2D eigenvalue weighted by Gasteiger charge is -2.27. The SMILES string of the molecule is CCC(C)N(CC(=O)O)C(=O)c1cc(Cl)cc(Cl)c1. The van der Waals surface area contributed by atoms with Gasteiger partial charge in [0, 0.05) is 21.7 Å². The highest BCUT2D eigenvalue weighted by Crippen LogP contribution is 2.21. The zero-order valence-electron chi connectivity index (χ0n) is 10.7. The van der Waals surface area contributed by atoms with Gasteiger partial charge in [0.05, 0.1) is 0 Å². The number of halogens is 2. The van der Waals surface area contributed by atoms with E-state index in [2.05, 4.69) is 0 Å². The Morgan fingerprint density at radius 1 is 1.26 bits per heavy atom. The second-order valence-electron chi connectivity index (χ2n) is 4.24. The van der Waals surface area contributed by atoms with E-state index in [0.717, 1.165) is 0 Å². The van der Waals surface area contributed by atoms with Crippen LogP contribution in [0.3, 0.4) is 0 Å². The maximum atomic E-state index is 12.3. The molecule has 0 heterocycles. The van der Waals surface area contributed by atoms with Crippen LogP contribution in [-0.4, -0.2) is 34.5 Å². The molecule has 0 spiro atoms. The highest BCUT2D eigenvalue weighted by Gasteiger charge is 2.23. The normalized spacial score (nSPS) is 12.0. The Balaban J connectivity index is 3.07. The van der Waals surface area contributed by atoms with Crippen LogP contribution in [0.1, 0.15) is 30.6 Å². The van der Waals surface area contributed by atoms with E-state index in [1.54, 1.807) is 6.92 Å². The first-order valence-corrected chi connectivity index (χ1v) is 6.59. The maximum Gasteiger partial charge on any atom is 0.323 e. The van der Waals surface area contributed by atoms with Crippen LogP contribution < -0.4 is 0 Å². The van der Waals surface area contributed by atoms with E-state index < -0.39 is 5.97 Å². The van der Waals surface area contributed by atoms with Crippen LogP contribution in [-0.2, 0) is 4.79 Å². The first-order chi connectivity index (χ1) is 8.85. The largest absolute Gasteiger partial charge is 0.480 e. The van der Waals surface area contributed by atoms with Gasteiger partial charge in [-0.05, 0) is 31.5 Å². The van der Waals surface area contributed by atoms with Crippen LogP contribution in [0.15, 0.2) is 18.2 Å². The summed E-state index contributed by atoms with van der Waals surface area (Å²) in [5.41, 5.74) is 0.291. The van der Waals surface area contributed by atoms with Gasteiger partial charge in [0.25, 0.3) is 5.91 Å². The van der Waals surface area contributed by atoms with Gasteiger partial charge >= 0.3 is 5.97 Å². The lowest BCUT2D eigenvalue weighted by atomic mass is 10.1. The Bertz CT molecular complexity index is 471. The van der Waals surface area contributed by atoms with Gasteiger partial charge in [-0.15, -0.1) is 0 Å². The summed E-state index contributed by atoms with van der Waals surface area (Å²) in [6.45, 7) is 3.34.